The number of carbonyl (C=O) groups is 1. The molecular formula is C13H24N4O. The zero-order chi connectivity index (χ0) is 13.4. The molecule has 0 radical (unpaired) electrons. The summed E-state index contributed by atoms with van der Waals surface area (Å²) in [5, 5.41) is 9.78. The SMILES string of the molecule is CCCC(N)CC(=O)NCCCc1cn[nH]c1C. The number of aromatic nitrogens is 2. The monoisotopic (exact) mass is 252 g/mol. The molecule has 102 valence electrons. The molecule has 1 aromatic heterocycles. The van der Waals surface area contributed by atoms with Crippen LogP contribution in [0, 0.1) is 6.92 Å². The molecule has 0 aromatic carbocycles. The third-order valence-electron chi connectivity index (χ3n) is 2.99. The Balaban J connectivity index is 2.11. The Hall–Kier alpha value is -1.36. The summed E-state index contributed by atoms with van der Waals surface area (Å²) in [6.07, 6.45) is 6.06. The summed E-state index contributed by atoms with van der Waals surface area (Å²) in [7, 11) is 0. The fourth-order valence-corrected chi connectivity index (χ4v) is 1.92. The number of hydrogen-bond acceptors (Lipinski definition) is 3. The van der Waals surface area contributed by atoms with E-state index in [0.29, 0.717) is 13.0 Å². The van der Waals surface area contributed by atoms with Crippen LogP contribution in [0.15, 0.2) is 6.20 Å². The second kappa shape index (κ2) is 7.87. The highest BCUT2D eigenvalue weighted by Gasteiger charge is 2.08. The number of hydrogen-bond donors (Lipinski definition) is 3. The van der Waals surface area contributed by atoms with E-state index >= 15 is 0 Å². The lowest BCUT2D eigenvalue weighted by Gasteiger charge is -2.10. The Kier molecular flexibility index (Phi) is 6.43. The van der Waals surface area contributed by atoms with E-state index in [1.165, 1.54) is 5.56 Å². The van der Waals surface area contributed by atoms with E-state index in [1.54, 1.807) is 0 Å². The highest BCUT2D eigenvalue weighted by Crippen LogP contribution is 2.05. The molecule has 1 unspecified atom stereocenters. The predicted molar refractivity (Wildman–Crippen MR) is 72.2 cm³/mol. The fraction of sp³-hybridized carbons (Fsp3) is 0.692. The first kappa shape index (κ1) is 14.7. The van der Waals surface area contributed by atoms with Crippen molar-refractivity contribution in [3.63, 3.8) is 0 Å². The van der Waals surface area contributed by atoms with Crippen LogP contribution in [0.25, 0.3) is 0 Å². The predicted octanol–water partition coefficient (Wildman–Crippen LogP) is 1.28. The van der Waals surface area contributed by atoms with Crippen molar-refractivity contribution >= 4 is 5.91 Å². The van der Waals surface area contributed by atoms with Crippen LogP contribution in [0.3, 0.4) is 0 Å². The van der Waals surface area contributed by atoms with Crippen LogP contribution in [0.1, 0.15) is 43.9 Å². The van der Waals surface area contributed by atoms with Crippen molar-refractivity contribution in [2.24, 2.45) is 5.73 Å². The molecule has 1 aromatic rings. The number of nitrogens with zero attached hydrogens (tertiary/aromatic N) is 1. The molecule has 1 atom stereocenters. The first-order chi connectivity index (χ1) is 8.63. The summed E-state index contributed by atoms with van der Waals surface area (Å²) in [5.41, 5.74) is 8.13. The highest BCUT2D eigenvalue weighted by atomic mass is 16.1. The van der Waals surface area contributed by atoms with Gasteiger partial charge in [-0.15, -0.1) is 0 Å². The van der Waals surface area contributed by atoms with E-state index in [4.69, 9.17) is 5.73 Å². The minimum atomic E-state index is -0.00822. The number of nitrogens with two attached hydrogens (primary N) is 1. The molecule has 5 nitrogen and oxygen atoms in total. The summed E-state index contributed by atoms with van der Waals surface area (Å²) in [6, 6.07) is -0.00822. The van der Waals surface area contributed by atoms with Crippen LogP contribution in [0.2, 0.25) is 0 Å². The van der Waals surface area contributed by atoms with Gasteiger partial charge < -0.3 is 11.1 Å². The summed E-state index contributed by atoms with van der Waals surface area (Å²) >= 11 is 0. The summed E-state index contributed by atoms with van der Waals surface area (Å²) in [5.74, 6) is 0.0554. The van der Waals surface area contributed by atoms with Crippen molar-refractivity contribution in [2.45, 2.75) is 52.0 Å². The normalized spacial score (nSPS) is 12.4. The van der Waals surface area contributed by atoms with E-state index < -0.39 is 0 Å². The lowest BCUT2D eigenvalue weighted by atomic mass is 10.1. The molecule has 18 heavy (non-hydrogen) atoms. The number of rotatable bonds is 8. The number of aryl methyl sites for hydroxylation is 2. The third kappa shape index (κ3) is 5.31. The van der Waals surface area contributed by atoms with Gasteiger partial charge in [-0.05, 0) is 31.7 Å². The molecule has 0 fully saturated rings. The Morgan fingerprint density at radius 2 is 2.39 bits per heavy atom. The topological polar surface area (TPSA) is 83.8 Å². The Bertz CT molecular complexity index is 362. The summed E-state index contributed by atoms with van der Waals surface area (Å²) < 4.78 is 0. The molecule has 0 saturated heterocycles. The van der Waals surface area contributed by atoms with Gasteiger partial charge in [0.25, 0.3) is 0 Å². The summed E-state index contributed by atoms with van der Waals surface area (Å²) in [6.45, 7) is 4.78. The van der Waals surface area contributed by atoms with Crippen molar-refractivity contribution in [1.29, 1.82) is 0 Å². The molecule has 1 heterocycles. The van der Waals surface area contributed by atoms with Gasteiger partial charge in [-0.1, -0.05) is 13.3 Å². The smallest absolute Gasteiger partial charge is 0.221 e. The number of nitrogens with one attached hydrogen (secondary N) is 2. The molecule has 1 rings (SSSR count). The van der Waals surface area contributed by atoms with Crippen LogP contribution in [0.5, 0.6) is 0 Å². The average molecular weight is 252 g/mol. The van der Waals surface area contributed by atoms with E-state index in [1.807, 2.05) is 13.1 Å². The number of aromatic amines is 1. The molecule has 0 aliphatic rings. The van der Waals surface area contributed by atoms with Crippen LogP contribution < -0.4 is 11.1 Å². The largest absolute Gasteiger partial charge is 0.356 e. The second-order valence-electron chi connectivity index (χ2n) is 4.73. The standard InChI is InChI=1S/C13H24N4O/c1-3-5-12(14)8-13(18)15-7-4-6-11-9-16-17-10(11)2/h9,12H,3-8,14H2,1-2H3,(H,15,18)(H,16,17). The Morgan fingerprint density at radius 1 is 1.61 bits per heavy atom. The third-order valence-corrected chi connectivity index (χ3v) is 2.99. The van der Waals surface area contributed by atoms with Crippen molar-refractivity contribution < 1.29 is 4.79 Å². The zero-order valence-corrected chi connectivity index (χ0v) is 11.3. The van der Waals surface area contributed by atoms with Gasteiger partial charge in [0.15, 0.2) is 0 Å². The highest BCUT2D eigenvalue weighted by molar-refractivity contribution is 5.76. The quantitative estimate of drug-likeness (QED) is 0.609. The van der Waals surface area contributed by atoms with Gasteiger partial charge in [-0.2, -0.15) is 5.10 Å². The van der Waals surface area contributed by atoms with E-state index in [9.17, 15) is 4.79 Å². The maximum absolute atomic E-state index is 11.5. The minimum Gasteiger partial charge on any atom is -0.356 e. The number of carbonyl (C=O) groups excluding carboxylic acids is 1. The molecule has 0 bridgehead atoms. The van der Waals surface area contributed by atoms with Crippen molar-refractivity contribution in [1.82, 2.24) is 15.5 Å². The molecule has 0 aliphatic carbocycles. The van der Waals surface area contributed by atoms with Gasteiger partial charge in [-0.25, -0.2) is 0 Å². The van der Waals surface area contributed by atoms with Crippen LogP contribution in [0.4, 0.5) is 0 Å². The van der Waals surface area contributed by atoms with Gasteiger partial charge in [0.05, 0.1) is 6.20 Å². The summed E-state index contributed by atoms with van der Waals surface area (Å²) in [4.78, 5) is 11.5. The zero-order valence-electron chi connectivity index (χ0n) is 11.3. The molecule has 0 saturated carbocycles. The van der Waals surface area contributed by atoms with E-state index in [0.717, 1.165) is 31.4 Å². The molecule has 0 aliphatic heterocycles. The Morgan fingerprint density at radius 3 is 3.00 bits per heavy atom. The fourth-order valence-electron chi connectivity index (χ4n) is 1.92. The van der Waals surface area contributed by atoms with Crippen molar-refractivity contribution in [2.75, 3.05) is 6.54 Å². The minimum absolute atomic E-state index is 0.00822. The number of amides is 1. The molecule has 0 spiro atoms. The molecular weight excluding hydrogens is 228 g/mol. The lowest BCUT2D eigenvalue weighted by molar-refractivity contribution is -0.121. The number of H-pyrrole nitrogens is 1. The Labute approximate surface area is 109 Å². The maximum Gasteiger partial charge on any atom is 0.221 e. The van der Waals surface area contributed by atoms with Crippen LogP contribution in [-0.2, 0) is 11.2 Å². The van der Waals surface area contributed by atoms with E-state index in [2.05, 4.69) is 22.4 Å². The molecule has 4 N–H and O–H groups in total. The van der Waals surface area contributed by atoms with Gasteiger partial charge in [0.1, 0.15) is 0 Å². The van der Waals surface area contributed by atoms with Gasteiger partial charge in [0.2, 0.25) is 5.91 Å². The van der Waals surface area contributed by atoms with Crippen LogP contribution in [-0.4, -0.2) is 28.7 Å². The molecule has 1 amide bonds. The first-order valence-corrected chi connectivity index (χ1v) is 6.64. The van der Waals surface area contributed by atoms with Gasteiger partial charge in [-0.3, -0.25) is 9.89 Å². The van der Waals surface area contributed by atoms with Crippen LogP contribution >= 0.6 is 0 Å². The maximum atomic E-state index is 11.5. The van der Waals surface area contributed by atoms with Gasteiger partial charge in [0, 0.05) is 24.7 Å². The van der Waals surface area contributed by atoms with Crippen molar-refractivity contribution in [3.05, 3.63) is 17.5 Å². The van der Waals surface area contributed by atoms with Crippen molar-refractivity contribution in [3.8, 4) is 0 Å². The second-order valence-corrected chi connectivity index (χ2v) is 4.73. The first-order valence-electron chi connectivity index (χ1n) is 6.64. The van der Waals surface area contributed by atoms with Gasteiger partial charge >= 0.3 is 0 Å². The van der Waals surface area contributed by atoms with E-state index in [-0.39, 0.29) is 11.9 Å². The average Bonchev–Trinajstić information content (AvgIpc) is 2.71. The lowest BCUT2D eigenvalue weighted by Crippen LogP contribution is -2.32. The molecule has 5 heteroatoms.